The Balaban J connectivity index is 1.32. The van der Waals surface area contributed by atoms with Crippen molar-refractivity contribution in [2.45, 2.75) is 26.0 Å². The Kier molecular flexibility index (Phi) is 5.20. The lowest BCUT2D eigenvalue weighted by atomic mass is 10.1. The van der Waals surface area contributed by atoms with Gasteiger partial charge in [-0.1, -0.05) is 17.4 Å². The van der Waals surface area contributed by atoms with Crippen molar-refractivity contribution >= 4 is 32.5 Å². The maximum absolute atomic E-state index is 5.47. The van der Waals surface area contributed by atoms with Gasteiger partial charge < -0.3 is 10.1 Å². The first-order valence-corrected chi connectivity index (χ1v) is 10.9. The summed E-state index contributed by atoms with van der Waals surface area (Å²) < 4.78 is 6.60. The minimum Gasteiger partial charge on any atom is -0.380 e. The maximum atomic E-state index is 5.47. The summed E-state index contributed by atoms with van der Waals surface area (Å²) in [6.07, 6.45) is 5.16. The summed E-state index contributed by atoms with van der Waals surface area (Å²) >= 11 is 1.63. The molecule has 1 atom stereocenters. The molecule has 0 bridgehead atoms. The van der Waals surface area contributed by atoms with Crippen LogP contribution < -0.4 is 5.32 Å². The number of fused-ring (bicyclic) bond motifs is 1. The van der Waals surface area contributed by atoms with Gasteiger partial charge in [0, 0.05) is 44.2 Å². The van der Waals surface area contributed by atoms with E-state index < -0.39 is 0 Å². The second kappa shape index (κ2) is 8.14. The SMILES string of the molecule is CO[C@@H]1CCN(Cc2ccnc(Nc3nc4ccc(-c5cn[nH]c5C)cc4s3)c2)C1. The first-order valence-electron chi connectivity index (χ1n) is 10.1. The largest absolute Gasteiger partial charge is 0.380 e. The number of H-pyrrole nitrogens is 1. The number of aromatic amines is 1. The number of hydrogen-bond donors (Lipinski definition) is 2. The van der Waals surface area contributed by atoms with Gasteiger partial charge in [-0.05, 0) is 48.7 Å². The topological polar surface area (TPSA) is 79.0 Å². The Morgan fingerprint density at radius 3 is 3.03 bits per heavy atom. The second-order valence-electron chi connectivity index (χ2n) is 7.67. The average molecular weight is 421 g/mol. The maximum Gasteiger partial charge on any atom is 0.189 e. The Morgan fingerprint density at radius 1 is 1.30 bits per heavy atom. The number of aromatic nitrogens is 4. The number of aryl methyl sites for hydroxylation is 1. The molecule has 1 fully saturated rings. The first kappa shape index (κ1) is 19.2. The van der Waals surface area contributed by atoms with Gasteiger partial charge >= 0.3 is 0 Å². The van der Waals surface area contributed by atoms with Crippen LogP contribution in [0.2, 0.25) is 0 Å². The van der Waals surface area contributed by atoms with Crippen LogP contribution in [0.3, 0.4) is 0 Å². The smallest absolute Gasteiger partial charge is 0.189 e. The molecule has 0 unspecified atom stereocenters. The first-order chi connectivity index (χ1) is 14.7. The molecular weight excluding hydrogens is 396 g/mol. The van der Waals surface area contributed by atoms with Gasteiger partial charge in [0.1, 0.15) is 5.82 Å². The predicted molar refractivity (Wildman–Crippen MR) is 120 cm³/mol. The fraction of sp³-hybridized carbons (Fsp3) is 0.318. The van der Waals surface area contributed by atoms with E-state index in [1.54, 1.807) is 18.4 Å². The molecular formula is C22H24N6OS. The molecule has 7 nitrogen and oxygen atoms in total. The van der Waals surface area contributed by atoms with Crippen LogP contribution in [0.15, 0.2) is 42.7 Å². The molecule has 5 rings (SSSR count). The van der Waals surface area contributed by atoms with Gasteiger partial charge in [-0.25, -0.2) is 9.97 Å². The molecule has 2 N–H and O–H groups in total. The number of thiazole rings is 1. The molecule has 1 saturated heterocycles. The highest BCUT2D eigenvalue weighted by molar-refractivity contribution is 7.22. The van der Waals surface area contributed by atoms with E-state index in [2.05, 4.69) is 55.7 Å². The zero-order valence-corrected chi connectivity index (χ0v) is 17.9. The highest BCUT2D eigenvalue weighted by atomic mass is 32.1. The van der Waals surface area contributed by atoms with Crippen LogP contribution in [-0.2, 0) is 11.3 Å². The molecule has 8 heteroatoms. The summed E-state index contributed by atoms with van der Waals surface area (Å²) in [5, 5.41) is 11.3. The Labute approximate surface area is 179 Å². The van der Waals surface area contributed by atoms with E-state index in [1.165, 1.54) is 5.56 Å². The molecule has 4 aromatic rings. The Bertz CT molecular complexity index is 1170. The third-order valence-corrected chi connectivity index (χ3v) is 6.49. The van der Waals surface area contributed by atoms with E-state index >= 15 is 0 Å². The van der Waals surface area contributed by atoms with Crippen LogP contribution in [0.1, 0.15) is 17.7 Å². The molecule has 0 amide bonds. The quantitative estimate of drug-likeness (QED) is 0.483. The van der Waals surface area contributed by atoms with E-state index in [-0.39, 0.29) is 0 Å². The van der Waals surface area contributed by atoms with Gasteiger partial charge in [0.2, 0.25) is 0 Å². The van der Waals surface area contributed by atoms with E-state index in [9.17, 15) is 0 Å². The van der Waals surface area contributed by atoms with Gasteiger partial charge in [-0.2, -0.15) is 5.10 Å². The van der Waals surface area contributed by atoms with Crippen molar-refractivity contribution in [1.82, 2.24) is 25.1 Å². The number of nitrogens with zero attached hydrogens (tertiary/aromatic N) is 4. The van der Waals surface area contributed by atoms with Crippen molar-refractivity contribution in [1.29, 1.82) is 0 Å². The van der Waals surface area contributed by atoms with E-state index in [1.807, 2.05) is 19.3 Å². The summed E-state index contributed by atoms with van der Waals surface area (Å²) in [7, 11) is 1.79. The molecule has 3 aromatic heterocycles. The molecule has 0 aliphatic carbocycles. The molecule has 0 saturated carbocycles. The fourth-order valence-corrected chi connectivity index (χ4v) is 4.84. The molecule has 154 valence electrons. The number of ether oxygens (including phenoxy) is 1. The Hall–Kier alpha value is -2.81. The number of anilines is 2. The van der Waals surface area contributed by atoms with Gasteiger partial charge in [-0.15, -0.1) is 0 Å². The van der Waals surface area contributed by atoms with E-state index in [4.69, 9.17) is 9.72 Å². The van der Waals surface area contributed by atoms with E-state index in [0.717, 1.165) is 64.0 Å². The highest BCUT2D eigenvalue weighted by Crippen LogP contribution is 2.32. The molecule has 0 spiro atoms. The van der Waals surface area contributed by atoms with Crippen molar-refractivity contribution in [3.63, 3.8) is 0 Å². The summed E-state index contributed by atoms with van der Waals surface area (Å²) in [5.74, 6) is 0.819. The Morgan fingerprint density at radius 2 is 2.23 bits per heavy atom. The minimum atomic E-state index is 0.350. The standard InChI is InChI=1S/C22H24N6OS/c1-14-18(11-24-27-14)16-3-4-19-20(10-16)30-22(25-19)26-21-9-15(5-7-23-21)12-28-8-6-17(13-28)29-2/h3-5,7,9-11,17H,6,8,12-13H2,1-2H3,(H,24,27)(H,23,25,26)/t17-/m1/s1. The summed E-state index contributed by atoms with van der Waals surface area (Å²) in [5.41, 5.74) is 5.54. The lowest BCUT2D eigenvalue weighted by Gasteiger charge is -2.16. The number of benzene rings is 1. The highest BCUT2D eigenvalue weighted by Gasteiger charge is 2.22. The van der Waals surface area contributed by atoms with Crippen LogP contribution in [-0.4, -0.2) is 51.4 Å². The minimum absolute atomic E-state index is 0.350. The number of likely N-dealkylation sites (tertiary alicyclic amines) is 1. The van der Waals surface area contributed by atoms with Gasteiger partial charge in [0.15, 0.2) is 5.13 Å². The third-order valence-electron chi connectivity index (χ3n) is 5.56. The zero-order valence-electron chi connectivity index (χ0n) is 17.1. The molecule has 1 aliphatic rings. The van der Waals surface area contributed by atoms with Gasteiger partial charge in [0.05, 0.1) is 22.5 Å². The van der Waals surface area contributed by atoms with Crippen LogP contribution in [0, 0.1) is 6.92 Å². The van der Waals surface area contributed by atoms with Gasteiger partial charge in [-0.3, -0.25) is 10.00 Å². The van der Waals surface area contributed by atoms with E-state index in [0.29, 0.717) is 6.10 Å². The van der Waals surface area contributed by atoms with Crippen LogP contribution in [0.25, 0.3) is 21.3 Å². The number of methoxy groups -OCH3 is 1. The van der Waals surface area contributed by atoms with Crippen LogP contribution in [0.5, 0.6) is 0 Å². The summed E-state index contributed by atoms with van der Waals surface area (Å²) in [6.45, 7) is 4.99. The lowest BCUT2D eigenvalue weighted by Crippen LogP contribution is -2.22. The van der Waals surface area contributed by atoms with Crippen molar-refractivity contribution in [2.75, 3.05) is 25.5 Å². The van der Waals surface area contributed by atoms with Crippen molar-refractivity contribution < 1.29 is 4.74 Å². The normalized spacial score (nSPS) is 17.1. The van der Waals surface area contributed by atoms with Crippen molar-refractivity contribution in [3.8, 4) is 11.1 Å². The number of pyridine rings is 1. The zero-order chi connectivity index (χ0) is 20.5. The monoisotopic (exact) mass is 420 g/mol. The summed E-state index contributed by atoms with van der Waals surface area (Å²) in [6, 6.07) is 10.5. The third kappa shape index (κ3) is 3.94. The molecule has 30 heavy (non-hydrogen) atoms. The predicted octanol–water partition coefficient (Wildman–Crippen LogP) is 4.35. The number of hydrogen-bond acceptors (Lipinski definition) is 7. The van der Waals surface area contributed by atoms with Crippen LogP contribution >= 0.6 is 11.3 Å². The second-order valence-corrected chi connectivity index (χ2v) is 8.70. The summed E-state index contributed by atoms with van der Waals surface area (Å²) in [4.78, 5) is 11.6. The lowest BCUT2D eigenvalue weighted by molar-refractivity contribution is 0.107. The van der Waals surface area contributed by atoms with Crippen LogP contribution in [0.4, 0.5) is 10.9 Å². The average Bonchev–Trinajstić information content (AvgIpc) is 3.47. The number of rotatable bonds is 6. The van der Waals surface area contributed by atoms with Gasteiger partial charge in [0.25, 0.3) is 0 Å². The molecule has 1 aromatic carbocycles. The fourth-order valence-electron chi connectivity index (χ4n) is 3.93. The molecule has 1 aliphatic heterocycles. The molecule has 4 heterocycles. The molecule has 0 radical (unpaired) electrons. The van der Waals surface area contributed by atoms with Crippen molar-refractivity contribution in [2.24, 2.45) is 0 Å². The van der Waals surface area contributed by atoms with Crippen molar-refractivity contribution in [3.05, 3.63) is 54.0 Å². The number of nitrogens with one attached hydrogen (secondary N) is 2.